The number of hydrogen-bond acceptors (Lipinski definition) is 5. The fourth-order valence-electron chi connectivity index (χ4n) is 2.07. The van der Waals surface area contributed by atoms with Crippen molar-refractivity contribution in [3.05, 3.63) is 36.7 Å². The maximum Gasteiger partial charge on any atom is 0.231 e. The predicted molar refractivity (Wildman–Crippen MR) is 78.1 cm³/mol. The molecule has 3 N–H and O–H groups in total. The van der Waals surface area contributed by atoms with E-state index in [0.29, 0.717) is 17.6 Å². The number of aromatic amines is 1. The van der Waals surface area contributed by atoms with Gasteiger partial charge >= 0.3 is 0 Å². The van der Waals surface area contributed by atoms with Gasteiger partial charge in [0.1, 0.15) is 5.52 Å². The fourth-order valence-corrected chi connectivity index (χ4v) is 2.07. The molecule has 2 aromatic heterocycles. The van der Waals surface area contributed by atoms with Crippen LogP contribution in [0.15, 0.2) is 36.7 Å². The Labute approximate surface area is 115 Å². The summed E-state index contributed by atoms with van der Waals surface area (Å²) >= 11 is 0. The number of aromatic nitrogens is 4. The average molecular weight is 266 g/mol. The van der Waals surface area contributed by atoms with Gasteiger partial charge in [-0.25, -0.2) is 4.98 Å². The van der Waals surface area contributed by atoms with Crippen LogP contribution in [0.3, 0.4) is 0 Å². The first-order chi connectivity index (χ1) is 9.88. The summed E-state index contributed by atoms with van der Waals surface area (Å²) in [4.78, 5) is 16.3. The van der Waals surface area contributed by atoms with E-state index in [-0.39, 0.29) is 0 Å². The molecule has 2 heterocycles. The van der Waals surface area contributed by atoms with Gasteiger partial charge in [0.25, 0.3) is 0 Å². The quantitative estimate of drug-likeness (QED) is 0.676. The highest BCUT2D eigenvalue weighted by Gasteiger charge is 2.23. The van der Waals surface area contributed by atoms with E-state index >= 15 is 0 Å². The molecule has 1 saturated carbocycles. The topological polar surface area (TPSA) is 78.5 Å². The second kappa shape index (κ2) is 4.48. The van der Waals surface area contributed by atoms with Crippen LogP contribution in [0.25, 0.3) is 11.2 Å². The zero-order valence-electron chi connectivity index (χ0n) is 10.8. The Hall–Kier alpha value is -2.63. The van der Waals surface area contributed by atoms with Crippen LogP contribution in [0.1, 0.15) is 12.8 Å². The number of imidazole rings is 1. The Morgan fingerprint density at radius 3 is 2.75 bits per heavy atom. The van der Waals surface area contributed by atoms with Gasteiger partial charge in [-0.15, -0.1) is 0 Å². The number of para-hydroxylation sites is 1. The van der Waals surface area contributed by atoms with Crippen LogP contribution < -0.4 is 10.6 Å². The van der Waals surface area contributed by atoms with E-state index in [1.807, 2.05) is 30.3 Å². The molecule has 0 aliphatic heterocycles. The second-order valence-corrected chi connectivity index (χ2v) is 4.91. The maximum absolute atomic E-state index is 4.54. The van der Waals surface area contributed by atoms with E-state index < -0.39 is 0 Å². The highest BCUT2D eigenvalue weighted by molar-refractivity contribution is 5.84. The van der Waals surface area contributed by atoms with E-state index in [1.54, 1.807) is 6.33 Å². The van der Waals surface area contributed by atoms with Crippen molar-refractivity contribution in [3.63, 3.8) is 0 Å². The summed E-state index contributed by atoms with van der Waals surface area (Å²) in [7, 11) is 0. The van der Waals surface area contributed by atoms with E-state index in [2.05, 4.69) is 30.6 Å². The van der Waals surface area contributed by atoms with Crippen molar-refractivity contribution in [2.75, 3.05) is 10.6 Å². The van der Waals surface area contributed by atoms with Crippen LogP contribution in [0, 0.1) is 0 Å². The van der Waals surface area contributed by atoms with Gasteiger partial charge in [0.15, 0.2) is 11.5 Å². The normalized spacial score (nSPS) is 14.4. The molecule has 0 amide bonds. The van der Waals surface area contributed by atoms with Crippen molar-refractivity contribution in [2.24, 2.45) is 0 Å². The third-order valence-electron chi connectivity index (χ3n) is 3.23. The number of rotatable bonds is 4. The first-order valence-electron chi connectivity index (χ1n) is 6.68. The summed E-state index contributed by atoms with van der Waals surface area (Å²) in [5.74, 6) is 1.37. The van der Waals surface area contributed by atoms with Crippen molar-refractivity contribution < 1.29 is 0 Å². The van der Waals surface area contributed by atoms with Crippen LogP contribution >= 0.6 is 0 Å². The van der Waals surface area contributed by atoms with Crippen LogP contribution in [0.4, 0.5) is 17.5 Å². The van der Waals surface area contributed by atoms with Crippen molar-refractivity contribution in [1.29, 1.82) is 0 Å². The molecular formula is C14H14N6. The highest BCUT2D eigenvalue weighted by atomic mass is 15.2. The highest BCUT2D eigenvalue weighted by Crippen LogP contribution is 2.27. The number of hydrogen-bond donors (Lipinski definition) is 3. The fraction of sp³-hybridized carbons (Fsp3) is 0.214. The summed E-state index contributed by atoms with van der Waals surface area (Å²) in [6, 6.07) is 10.4. The molecule has 1 aromatic carbocycles. The molecule has 6 nitrogen and oxygen atoms in total. The monoisotopic (exact) mass is 266 g/mol. The van der Waals surface area contributed by atoms with E-state index in [0.717, 1.165) is 17.0 Å². The number of nitrogens with zero attached hydrogens (tertiary/aromatic N) is 3. The predicted octanol–water partition coefficient (Wildman–Crippen LogP) is 2.67. The molecule has 6 heteroatoms. The maximum atomic E-state index is 4.54. The molecular weight excluding hydrogens is 252 g/mol. The molecule has 20 heavy (non-hydrogen) atoms. The third kappa shape index (κ3) is 2.16. The molecule has 1 fully saturated rings. The molecule has 0 saturated heterocycles. The van der Waals surface area contributed by atoms with Gasteiger partial charge in [-0.3, -0.25) is 0 Å². The molecule has 1 aliphatic carbocycles. The van der Waals surface area contributed by atoms with E-state index in [1.165, 1.54) is 12.8 Å². The number of fused-ring (bicyclic) bond motifs is 1. The Morgan fingerprint density at radius 2 is 1.95 bits per heavy atom. The smallest absolute Gasteiger partial charge is 0.231 e. The minimum Gasteiger partial charge on any atom is -0.365 e. The Morgan fingerprint density at radius 1 is 1.10 bits per heavy atom. The molecule has 0 spiro atoms. The molecule has 0 bridgehead atoms. The minimum atomic E-state index is 0.529. The molecule has 0 unspecified atom stereocenters. The zero-order valence-corrected chi connectivity index (χ0v) is 10.8. The molecule has 1 aliphatic rings. The Kier molecular flexibility index (Phi) is 2.51. The van der Waals surface area contributed by atoms with Gasteiger partial charge in [-0.05, 0) is 25.0 Å². The van der Waals surface area contributed by atoms with Crippen LogP contribution in [0.5, 0.6) is 0 Å². The summed E-state index contributed by atoms with van der Waals surface area (Å²) in [6.45, 7) is 0. The molecule has 4 rings (SSSR count). The second-order valence-electron chi connectivity index (χ2n) is 4.91. The Bertz CT molecular complexity index is 732. The van der Waals surface area contributed by atoms with Crippen molar-refractivity contribution in [2.45, 2.75) is 18.9 Å². The van der Waals surface area contributed by atoms with Crippen LogP contribution in [0.2, 0.25) is 0 Å². The standard InChI is InChI=1S/C14H14N6/c1-2-4-9(5-3-1)18-14-19-12-11(15-8-16-12)13(20-14)17-10-6-7-10/h1-5,8,10H,6-7H2,(H3,15,16,17,18,19,20). The van der Waals surface area contributed by atoms with E-state index in [4.69, 9.17) is 0 Å². The lowest BCUT2D eigenvalue weighted by Crippen LogP contribution is -2.07. The SMILES string of the molecule is c1ccc(Nc2nc(NC3CC3)c3[nH]cnc3n2)cc1. The molecule has 100 valence electrons. The van der Waals surface area contributed by atoms with Gasteiger partial charge in [0, 0.05) is 11.7 Å². The summed E-state index contributed by atoms with van der Waals surface area (Å²) in [6.07, 6.45) is 4.03. The van der Waals surface area contributed by atoms with Gasteiger partial charge in [0.05, 0.1) is 6.33 Å². The number of H-pyrrole nitrogens is 1. The van der Waals surface area contributed by atoms with Gasteiger partial charge in [-0.2, -0.15) is 9.97 Å². The van der Waals surface area contributed by atoms with Crippen molar-refractivity contribution in [3.8, 4) is 0 Å². The number of anilines is 3. The average Bonchev–Trinajstić information content (AvgIpc) is 3.15. The lowest BCUT2D eigenvalue weighted by molar-refractivity contribution is 1.10. The zero-order chi connectivity index (χ0) is 13.4. The van der Waals surface area contributed by atoms with Gasteiger partial charge in [0.2, 0.25) is 5.95 Å². The summed E-state index contributed by atoms with van der Waals surface area (Å²) in [5, 5.41) is 6.61. The largest absolute Gasteiger partial charge is 0.365 e. The Balaban J connectivity index is 1.71. The molecule has 0 radical (unpaired) electrons. The molecule has 3 aromatic rings. The minimum absolute atomic E-state index is 0.529. The summed E-state index contributed by atoms with van der Waals surface area (Å²) in [5.41, 5.74) is 2.48. The molecule has 0 atom stereocenters. The third-order valence-corrected chi connectivity index (χ3v) is 3.23. The lowest BCUT2D eigenvalue weighted by atomic mass is 10.3. The number of benzene rings is 1. The van der Waals surface area contributed by atoms with E-state index in [9.17, 15) is 0 Å². The van der Waals surface area contributed by atoms with Crippen LogP contribution in [-0.2, 0) is 0 Å². The number of nitrogens with one attached hydrogen (secondary N) is 3. The summed E-state index contributed by atoms with van der Waals surface area (Å²) < 4.78 is 0. The van der Waals surface area contributed by atoms with Gasteiger partial charge < -0.3 is 15.6 Å². The van der Waals surface area contributed by atoms with Gasteiger partial charge in [-0.1, -0.05) is 18.2 Å². The van der Waals surface area contributed by atoms with Crippen molar-refractivity contribution >= 4 is 28.6 Å². The first kappa shape index (κ1) is 11.2. The van der Waals surface area contributed by atoms with Crippen molar-refractivity contribution in [1.82, 2.24) is 19.9 Å². The lowest BCUT2D eigenvalue weighted by Gasteiger charge is -2.08. The first-order valence-corrected chi connectivity index (χ1v) is 6.68. The van der Waals surface area contributed by atoms with Crippen LogP contribution in [-0.4, -0.2) is 26.0 Å².